The lowest BCUT2D eigenvalue weighted by atomic mass is 10.1. The van der Waals surface area contributed by atoms with E-state index in [1.165, 1.54) is 18.4 Å². The Labute approximate surface area is 171 Å². The lowest BCUT2D eigenvalue weighted by molar-refractivity contribution is -0.116. The summed E-state index contributed by atoms with van der Waals surface area (Å²) in [5, 5.41) is 2.98. The Balaban J connectivity index is 1.63. The number of hydrogen-bond acceptors (Lipinski definition) is 4. The van der Waals surface area contributed by atoms with Crippen LogP contribution in [0.5, 0.6) is 0 Å². The first-order chi connectivity index (χ1) is 13.8. The average molecular weight is 415 g/mol. The lowest BCUT2D eigenvalue weighted by Gasteiger charge is -2.11. The summed E-state index contributed by atoms with van der Waals surface area (Å²) in [6, 6.07) is 12.7. The van der Waals surface area contributed by atoms with Crippen molar-refractivity contribution in [3.8, 4) is 0 Å². The molecule has 29 heavy (non-hydrogen) atoms. The van der Waals surface area contributed by atoms with E-state index in [9.17, 15) is 13.2 Å². The van der Waals surface area contributed by atoms with Crippen molar-refractivity contribution in [2.45, 2.75) is 37.6 Å². The average Bonchev–Trinajstić information content (AvgIpc) is 3.10. The zero-order valence-corrected chi connectivity index (χ0v) is 17.7. The van der Waals surface area contributed by atoms with Crippen molar-refractivity contribution >= 4 is 32.7 Å². The SMILES string of the molecule is CCc1ccccc1NC(=O)CCCn1cnc2cc(S(=O)(=O)N(C)C)ccc21. The molecule has 2 aromatic carbocycles. The highest BCUT2D eigenvalue weighted by Crippen LogP contribution is 2.21. The molecule has 3 rings (SSSR count). The first-order valence-corrected chi connectivity index (χ1v) is 11.0. The minimum atomic E-state index is -3.49. The summed E-state index contributed by atoms with van der Waals surface area (Å²) in [7, 11) is -0.488. The first kappa shape index (κ1) is 21.0. The Morgan fingerprint density at radius 3 is 2.66 bits per heavy atom. The number of fused-ring (bicyclic) bond motifs is 1. The molecule has 0 radical (unpaired) electrons. The van der Waals surface area contributed by atoms with Gasteiger partial charge in [0.1, 0.15) is 0 Å². The molecule has 0 bridgehead atoms. The second-order valence-electron chi connectivity index (χ2n) is 7.04. The quantitative estimate of drug-likeness (QED) is 0.613. The molecule has 0 aliphatic carbocycles. The van der Waals surface area contributed by atoms with Crippen molar-refractivity contribution in [3.63, 3.8) is 0 Å². The number of imidazole rings is 1. The second kappa shape index (κ2) is 8.75. The zero-order chi connectivity index (χ0) is 21.0. The number of nitrogens with zero attached hydrogens (tertiary/aromatic N) is 3. The third-order valence-electron chi connectivity index (χ3n) is 4.85. The van der Waals surface area contributed by atoms with Crippen LogP contribution in [0.2, 0.25) is 0 Å². The number of aryl methyl sites for hydroxylation is 2. The molecular weight excluding hydrogens is 388 g/mol. The number of para-hydroxylation sites is 1. The highest BCUT2D eigenvalue weighted by atomic mass is 32.2. The van der Waals surface area contributed by atoms with Crippen molar-refractivity contribution in [1.82, 2.24) is 13.9 Å². The van der Waals surface area contributed by atoms with Crippen molar-refractivity contribution in [2.24, 2.45) is 0 Å². The van der Waals surface area contributed by atoms with Crippen LogP contribution in [0.1, 0.15) is 25.3 Å². The summed E-state index contributed by atoms with van der Waals surface area (Å²) >= 11 is 0. The van der Waals surface area contributed by atoms with Crippen LogP contribution in [0.15, 0.2) is 53.7 Å². The molecule has 0 aliphatic heterocycles. The minimum Gasteiger partial charge on any atom is -0.331 e. The van der Waals surface area contributed by atoms with E-state index in [1.54, 1.807) is 24.5 Å². The van der Waals surface area contributed by atoms with E-state index in [0.717, 1.165) is 23.2 Å². The molecule has 0 saturated heterocycles. The van der Waals surface area contributed by atoms with Crippen LogP contribution in [0.25, 0.3) is 11.0 Å². The maximum atomic E-state index is 12.3. The van der Waals surface area contributed by atoms with E-state index in [1.807, 2.05) is 28.8 Å². The molecule has 3 aromatic rings. The predicted octanol–water partition coefficient (Wildman–Crippen LogP) is 3.27. The topological polar surface area (TPSA) is 84.3 Å². The van der Waals surface area contributed by atoms with Gasteiger partial charge in [-0.15, -0.1) is 0 Å². The number of carbonyl (C=O) groups is 1. The highest BCUT2D eigenvalue weighted by Gasteiger charge is 2.18. The summed E-state index contributed by atoms with van der Waals surface area (Å²) in [6.07, 6.45) is 3.60. The van der Waals surface area contributed by atoms with Gasteiger partial charge in [0.05, 0.1) is 22.3 Å². The van der Waals surface area contributed by atoms with Gasteiger partial charge in [0.25, 0.3) is 0 Å². The molecule has 8 heteroatoms. The molecule has 154 valence electrons. The minimum absolute atomic E-state index is 0.0188. The second-order valence-corrected chi connectivity index (χ2v) is 9.19. The number of anilines is 1. The van der Waals surface area contributed by atoms with Gasteiger partial charge in [0.2, 0.25) is 15.9 Å². The van der Waals surface area contributed by atoms with Gasteiger partial charge in [-0.1, -0.05) is 25.1 Å². The first-order valence-electron chi connectivity index (χ1n) is 9.58. The van der Waals surface area contributed by atoms with Crippen molar-refractivity contribution < 1.29 is 13.2 Å². The summed E-state index contributed by atoms with van der Waals surface area (Å²) in [4.78, 5) is 16.8. The normalized spacial score (nSPS) is 11.9. The van der Waals surface area contributed by atoms with Crippen LogP contribution < -0.4 is 5.32 Å². The van der Waals surface area contributed by atoms with Gasteiger partial charge in [0.15, 0.2) is 0 Å². The Kier molecular flexibility index (Phi) is 6.34. The van der Waals surface area contributed by atoms with Crippen molar-refractivity contribution in [1.29, 1.82) is 0 Å². The fourth-order valence-electron chi connectivity index (χ4n) is 3.17. The van der Waals surface area contributed by atoms with E-state index in [2.05, 4.69) is 17.2 Å². The standard InChI is InChI=1S/C21H26N4O3S/c1-4-16-8-5-6-9-18(16)23-21(26)10-7-13-25-15-22-19-14-17(11-12-20(19)25)29(27,28)24(2)3/h5-6,8-9,11-12,14-15H,4,7,10,13H2,1-3H3,(H,23,26). The summed E-state index contributed by atoms with van der Waals surface area (Å²) < 4.78 is 27.7. The molecule has 1 amide bonds. The zero-order valence-electron chi connectivity index (χ0n) is 16.9. The molecular formula is C21H26N4O3S. The Morgan fingerprint density at radius 1 is 1.17 bits per heavy atom. The van der Waals surface area contributed by atoms with E-state index < -0.39 is 10.0 Å². The Bertz CT molecular complexity index is 1120. The van der Waals surface area contributed by atoms with Gasteiger partial charge in [-0.3, -0.25) is 4.79 Å². The molecule has 0 aliphatic rings. The number of hydrogen-bond donors (Lipinski definition) is 1. The van der Waals surface area contributed by atoms with Crippen LogP contribution in [0.4, 0.5) is 5.69 Å². The van der Waals surface area contributed by atoms with Crippen LogP contribution in [0.3, 0.4) is 0 Å². The van der Waals surface area contributed by atoms with Gasteiger partial charge in [-0.25, -0.2) is 17.7 Å². The number of amides is 1. The molecule has 0 spiro atoms. The summed E-state index contributed by atoms with van der Waals surface area (Å²) in [6.45, 7) is 2.68. The van der Waals surface area contributed by atoms with Gasteiger partial charge >= 0.3 is 0 Å². The van der Waals surface area contributed by atoms with Gasteiger partial charge in [-0.05, 0) is 42.7 Å². The molecule has 0 atom stereocenters. The van der Waals surface area contributed by atoms with Crippen LogP contribution in [0, 0.1) is 0 Å². The van der Waals surface area contributed by atoms with Crippen LogP contribution in [-0.2, 0) is 27.8 Å². The van der Waals surface area contributed by atoms with Crippen LogP contribution >= 0.6 is 0 Å². The highest BCUT2D eigenvalue weighted by molar-refractivity contribution is 7.89. The maximum Gasteiger partial charge on any atom is 0.242 e. The molecule has 1 aromatic heterocycles. The summed E-state index contributed by atoms with van der Waals surface area (Å²) in [5.74, 6) is -0.0188. The fraction of sp³-hybridized carbons (Fsp3) is 0.333. The lowest BCUT2D eigenvalue weighted by Crippen LogP contribution is -2.22. The number of carbonyl (C=O) groups excluding carboxylic acids is 1. The maximum absolute atomic E-state index is 12.3. The molecule has 7 nitrogen and oxygen atoms in total. The van der Waals surface area contributed by atoms with Gasteiger partial charge in [-0.2, -0.15) is 0 Å². The van der Waals surface area contributed by atoms with Crippen LogP contribution in [-0.4, -0.2) is 42.3 Å². The Hall–Kier alpha value is -2.71. The smallest absolute Gasteiger partial charge is 0.242 e. The van der Waals surface area contributed by atoms with E-state index in [0.29, 0.717) is 24.9 Å². The van der Waals surface area contributed by atoms with Crippen molar-refractivity contribution in [2.75, 3.05) is 19.4 Å². The Morgan fingerprint density at radius 2 is 1.93 bits per heavy atom. The van der Waals surface area contributed by atoms with Crippen molar-refractivity contribution in [3.05, 3.63) is 54.4 Å². The molecule has 1 N–H and O–H groups in total. The largest absolute Gasteiger partial charge is 0.331 e. The third kappa shape index (κ3) is 4.65. The molecule has 0 saturated carbocycles. The molecule has 1 heterocycles. The number of nitrogens with one attached hydrogen (secondary N) is 1. The van der Waals surface area contributed by atoms with Gasteiger partial charge < -0.3 is 9.88 Å². The van der Waals surface area contributed by atoms with E-state index in [4.69, 9.17) is 0 Å². The van der Waals surface area contributed by atoms with E-state index >= 15 is 0 Å². The summed E-state index contributed by atoms with van der Waals surface area (Å²) in [5.41, 5.74) is 3.45. The number of benzene rings is 2. The monoisotopic (exact) mass is 414 g/mol. The molecule has 0 fully saturated rings. The van der Waals surface area contributed by atoms with E-state index in [-0.39, 0.29) is 10.8 Å². The predicted molar refractivity (Wildman–Crippen MR) is 114 cm³/mol. The fourth-order valence-corrected chi connectivity index (χ4v) is 4.09. The third-order valence-corrected chi connectivity index (χ3v) is 6.66. The molecule has 0 unspecified atom stereocenters. The number of rotatable bonds is 8. The number of sulfonamides is 1. The number of aromatic nitrogens is 2. The van der Waals surface area contributed by atoms with Gasteiger partial charge in [0, 0.05) is 32.7 Å².